The summed E-state index contributed by atoms with van der Waals surface area (Å²) in [5.74, 6) is 0. The first-order valence-corrected chi connectivity index (χ1v) is 6.04. The number of likely N-dealkylation sites (tertiary alicyclic amines) is 1. The van der Waals surface area contributed by atoms with Gasteiger partial charge < -0.3 is 10.2 Å². The Kier molecular flexibility index (Phi) is 5.69. The average Bonchev–Trinajstić information content (AvgIpc) is 2.18. The monoisotopic (exact) mass is 253 g/mol. The Morgan fingerprint density at radius 1 is 1.24 bits per heavy atom. The predicted molar refractivity (Wildman–Crippen MR) is 62.1 cm³/mol. The van der Waals surface area contributed by atoms with Crippen LogP contribution in [0.2, 0.25) is 0 Å². The third-order valence-electron chi connectivity index (χ3n) is 2.98. The van der Waals surface area contributed by atoms with Crippen molar-refractivity contribution in [3.05, 3.63) is 0 Å². The molecule has 1 aliphatic rings. The molecule has 3 nitrogen and oxygen atoms in total. The molecular formula is C11H22F3N3. The molecule has 0 aliphatic carbocycles. The second-order valence-electron chi connectivity index (χ2n) is 4.92. The van der Waals surface area contributed by atoms with E-state index in [2.05, 4.69) is 10.2 Å². The van der Waals surface area contributed by atoms with E-state index < -0.39 is 12.7 Å². The van der Waals surface area contributed by atoms with Crippen LogP contribution in [0.1, 0.15) is 12.8 Å². The summed E-state index contributed by atoms with van der Waals surface area (Å²) in [6, 6.07) is 0.374. The van der Waals surface area contributed by atoms with Crippen LogP contribution in [0.5, 0.6) is 0 Å². The minimum absolute atomic E-state index is 0.374. The van der Waals surface area contributed by atoms with Crippen molar-refractivity contribution in [3.8, 4) is 0 Å². The topological polar surface area (TPSA) is 18.5 Å². The smallest absolute Gasteiger partial charge is 0.313 e. The Morgan fingerprint density at radius 3 is 2.29 bits per heavy atom. The van der Waals surface area contributed by atoms with Crippen LogP contribution < -0.4 is 5.32 Å². The lowest BCUT2D eigenvalue weighted by Gasteiger charge is -2.33. The Labute approximate surface area is 101 Å². The number of halogens is 3. The van der Waals surface area contributed by atoms with E-state index in [1.165, 1.54) is 4.90 Å². The van der Waals surface area contributed by atoms with E-state index >= 15 is 0 Å². The van der Waals surface area contributed by atoms with Gasteiger partial charge in [-0.3, -0.25) is 4.90 Å². The van der Waals surface area contributed by atoms with Crippen molar-refractivity contribution in [2.24, 2.45) is 0 Å². The Bertz CT molecular complexity index is 210. The quantitative estimate of drug-likeness (QED) is 0.793. The maximum Gasteiger partial charge on any atom is 0.401 e. The minimum atomic E-state index is -4.06. The molecule has 1 heterocycles. The van der Waals surface area contributed by atoms with Gasteiger partial charge in [-0.25, -0.2) is 0 Å². The molecule has 1 N–H and O–H groups in total. The number of nitrogens with one attached hydrogen (secondary N) is 1. The van der Waals surface area contributed by atoms with Crippen LogP contribution in [0.4, 0.5) is 13.2 Å². The highest BCUT2D eigenvalue weighted by Crippen LogP contribution is 2.19. The molecule has 0 saturated carbocycles. The molecule has 1 fully saturated rings. The van der Waals surface area contributed by atoms with E-state index in [-0.39, 0.29) is 0 Å². The fraction of sp³-hybridized carbons (Fsp3) is 1.00. The molecule has 0 aromatic carbocycles. The number of piperidine rings is 1. The van der Waals surface area contributed by atoms with Gasteiger partial charge >= 0.3 is 6.18 Å². The Morgan fingerprint density at radius 2 is 1.82 bits per heavy atom. The maximum atomic E-state index is 12.2. The third kappa shape index (κ3) is 6.85. The molecule has 0 unspecified atom stereocenters. The minimum Gasteiger partial charge on any atom is -0.313 e. The molecular weight excluding hydrogens is 231 g/mol. The highest BCUT2D eigenvalue weighted by atomic mass is 19.4. The Hall–Kier alpha value is -0.330. The molecule has 0 spiro atoms. The SMILES string of the molecule is CN(C)CCNC1CCN(CC(F)(F)F)CC1. The molecule has 6 heteroatoms. The molecule has 0 radical (unpaired) electrons. The van der Waals surface area contributed by atoms with Crippen LogP contribution >= 0.6 is 0 Å². The number of rotatable bonds is 5. The third-order valence-corrected chi connectivity index (χ3v) is 2.98. The molecule has 0 amide bonds. The van der Waals surface area contributed by atoms with Gasteiger partial charge in [-0.2, -0.15) is 13.2 Å². The molecule has 0 aromatic rings. The highest BCUT2D eigenvalue weighted by molar-refractivity contribution is 4.78. The molecule has 102 valence electrons. The number of alkyl halides is 3. The first-order valence-electron chi connectivity index (χ1n) is 6.04. The summed E-state index contributed by atoms with van der Waals surface area (Å²) < 4.78 is 36.5. The molecule has 0 bridgehead atoms. The molecule has 1 aliphatic heterocycles. The summed E-state index contributed by atoms with van der Waals surface area (Å²) in [7, 11) is 4.02. The summed E-state index contributed by atoms with van der Waals surface area (Å²) in [6.07, 6.45) is -2.45. The molecule has 1 saturated heterocycles. The van der Waals surface area contributed by atoms with Crippen molar-refractivity contribution < 1.29 is 13.2 Å². The fourth-order valence-electron chi connectivity index (χ4n) is 2.04. The van der Waals surface area contributed by atoms with Gasteiger partial charge in [-0.15, -0.1) is 0 Å². The van der Waals surface area contributed by atoms with Gasteiger partial charge in [0.25, 0.3) is 0 Å². The lowest BCUT2D eigenvalue weighted by atomic mass is 10.1. The standard InChI is InChI=1S/C11H22F3N3/c1-16(2)8-5-15-10-3-6-17(7-4-10)9-11(12,13)14/h10,15H,3-9H2,1-2H3. The van der Waals surface area contributed by atoms with Crippen LogP contribution in [0.15, 0.2) is 0 Å². The summed E-state index contributed by atoms with van der Waals surface area (Å²) >= 11 is 0. The van der Waals surface area contributed by atoms with Crippen LogP contribution in [0, 0.1) is 0 Å². The highest BCUT2D eigenvalue weighted by Gasteiger charge is 2.32. The van der Waals surface area contributed by atoms with Gasteiger partial charge in [0.1, 0.15) is 0 Å². The zero-order valence-electron chi connectivity index (χ0n) is 10.6. The summed E-state index contributed by atoms with van der Waals surface area (Å²) in [5, 5.41) is 3.39. The molecule has 1 rings (SSSR count). The first-order chi connectivity index (χ1) is 7.87. The van der Waals surface area contributed by atoms with E-state index in [1.807, 2.05) is 14.1 Å². The van der Waals surface area contributed by atoms with Crippen molar-refractivity contribution in [2.75, 3.05) is 46.8 Å². The van der Waals surface area contributed by atoms with Crippen molar-refractivity contribution in [1.29, 1.82) is 0 Å². The number of likely N-dealkylation sites (N-methyl/N-ethyl adjacent to an activating group) is 1. The van der Waals surface area contributed by atoms with Crippen molar-refractivity contribution in [3.63, 3.8) is 0 Å². The number of nitrogens with zero attached hydrogens (tertiary/aromatic N) is 2. The summed E-state index contributed by atoms with van der Waals surface area (Å²) in [5.41, 5.74) is 0. The molecule has 0 aromatic heterocycles. The predicted octanol–water partition coefficient (Wildman–Crippen LogP) is 1.16. The van der Waals surface area contributed by atoms with E-state index in [1.54, 1.807) is 0 Å². The van der Waals surface area contributed by atoms with Gasteiger partial charge in [0, 0.05) is 19.1 Å². The Balaban J connectivity index is 2.13. The van der Waals surface area contributed by atoms with Crippen LogP contribution in [0.25, 0.3) is 0 Å². The van der Waals surface area contributed by atoms with Gasteiger partial charge in [-0.1, -0.05) is 0 Å². The largest absolute Gasteiger partial charge is 0.401 e. The van der Waals surface area contributed by atoms with Gasteiger partial charge in [0.05, 0.1) is 6.54 Å². The van der Waals surface area contributed by atoms with E-state index in [4.69, 9.17) is 0 Å². The number of hydrogen-bond acceptors (Lipinski definition) is 3. The van der Waals surface area contributed by atoms with Crippen LogP contribution in [-0.2, 0) is 0 Å². The first kappa shape index (κ1) is 14.7. The van der Waals surface area contributed by atoms with Crippen molar-refractivity contribution >= 4 is 0 Å². The van der Waals surface area contributed by atoms with Gasteiger partial charge in [-0.05, 0) is 40.0 Å². The fourth-order valence-corrected chi connectivity index (χ4v) is 2.04. The van der Waals surface area contributed by atoms with Gasteiger partial charge in [0.15, 0.2) is 0 Å². The lowest BCUT2D eigenvalue weighted by molar-refractivity contribution is -0.148. The van der Waals surface area contributed by atoms with Crippen molar-refractivity contribution in [2.45, 2.75) is 25.1 Å². The summed E-state index contributed by atoms with van der Waals surface area (Å²) in [4.78, 5) is 3.58. The maximum absolute atomic E-state index is 12.2. The average molecular weight is 253 g/mol. The normalized spacial score (nSPS) is 20.1. The lowest BCUT2D eigenvalue weighted by Crippen LogP contribution is -2.46. The van der Waals surface area contributed by atoms with E-state index in [0.717, 1.165) is 25.9 Å². The van der Waals surface area contributed by atoms with E-state index in [0.29, 0.717) is 19.1 Å². The zero-order valence-corrected chi connectivity index (χ0v) is 10.6. The number of hydrogen-bond donors (Lipinski definition) is 1. The van der Waals surface area contributed by atoms with E-state index in [9.17, 15) is 13.2 Å². The zero-order chi connectivity index (χ0) is 12.9. The molecule has 17 heavy (non-hydrogen) atoms. The van der Waals surface area contributed by atoms with Gasteiger partial charge in [0.2, 0.25) is 0 Å². The molecule has 0 atom stereocenters. The van der Waals surface area contributed by atoms with Crippen molar-refractivity contribution in [1.82, 2.24) is 15.1 Å². The van der Waals surface area contributed by atoms with Crippen LogP contribution in [-0.4, -0.2) is 68.8 Å². The second-order valence-corrected chi connectivity index (χ2v) is 4.92. The second kappa shape index (κ2) is 6.56. The van der Waals surface area contributed by atoms with Crippen LogP contribution in [0.3, 0.4) is 0 Å². The summed E-state index contributed by atoms with van der Waals surface area (Å²) in [6.45, 7) is 2.18.